The van der Waals surface area contributed by atoms with Gasteiger partial charge >= 0.3 is 17.9 Å². The van der Waals surface area contributed by atoms with Crippen molar-refractivity contribution in [1.82, 2.24) is 0 Å². The molecule has 0 aromatic heterocycles. The molecule has 0 bridgehead atoms. The second-order valence-corrected chi connectivity index (χ2v) is 19.6. The number of ether oxygens (including phenoxy) is 3. The van der Waals surface area contributed by atoms with E-state index in [0.29, 0.717) is 19.3 Å². The molecular weight excluding hydrogens is 817 g/mol. The smallest absolute Gasteiger partial charge is 0.306 e. The molecule has 0 aliphatic rings. The number of rotatable bonds is 53. The maximum atomic E-state index is 12.9. The number of hydrogen-bond donors (Lipinski definition) is 0. The van der Waals surface area contributed by atoms with Gasteiger partial charge in [0.25, 0.3) is 0 Å². The maximum absolute atomic E-state index is 12.9. The summed E-state index contributed by atoms with van der Waals surface area (Å²) in [6.07, 6.45) is 65.6. The summed E-state index contributed by atoms with van der Waals surface area (Å²) in [5, 5.41) is 0. The summed E-state index contributed by atoms with van der Waals surface area (Å²) in [6.45, 7) is 6.64. The Morgan fingerprint density at radius 3 is 0.879 bits per heavy atom. The molecule has 0 heterocycles. The number of esters is 3. The van der Waals surface area contributed by atoms with Crippen LogP contribution in [-0.4, -0.2) is 37.2 Å². The lowest BCUT2D eigenvalue weighted by Crippen LogP contribution is -2.30. The van der Waals surface area contributed by atoms with Gasteiger partial charge in [-0.3, -0.25) is 14.4 Å². The highest BCUT2D eigenvalue weighted by molar-refractivity contribution is 5.71. The van der Waals surface area contributed by atoms with Crippen LogP contribution in [0.15, 0.2) is 36.5 Å². The summed E-state index contributed by atoms with van der Waals surface area (Å²) < 4.78 is 16.9. The Balaban J connectivity index is 4.36. The van der Waals surface area contributed by atoms with Crippen molar-refractivity contribution >= 4 is 17.9 Å². The lowest BCUT2D eigenvalue weighted by Gasteiger charge is -2.18. The fourth-order valence-electron chi connectivity index (χ4n) is 8.47. The normalized spacial score (nSPS) is 12.2. The molecule has 0 spiro atoms. The summed E-state index contributed by atoms with van der Waals surface area (Å²) in [4.78, 5) is 38.1. The molecule has 0 amide bonds. The lowest BCUT2D eigenvalue weighted by atomic mass is 10.0. The molecule has 1 atom stereocenters. The van der Waals surface area contributed by atoms with Gasteiger partial charge in [-0.1, -0.05) is 250 Å². The quantitative estimate of drug-likeness (QED) is 0.0262. The lowest BCUT2D eigenvalue weighted by molar-refractivity contribution is -0.167. The highest BCUT2D eigenvalue weighted by atomic mass is 16.6. The Hall–Kier alpha value is -2.37. The van der Waals surface area contributed by atoms with Gasteiger partial charge in [-0.25, -0.2) is 0 Å². The fourth-order valence-corrected chi connectivity index (χ4v) is 8.47. The zero-order valence-electron chi connectivity index (χ0n) is 44.2. The van der Waals surface area contributed by atoms with Crippen LogP contribution in [0.25, 0.3) is 0 Å². The molecule has 0 radical (unpaired) electrons. The molecule has 0 saturated carbocycles. The van der Waals surface area contributed by atoms with Crippen molar-refractivity contribution in [2.24, 2.45) is 0 Å². The van der Waals surface area contributed by atoms with E-state index < -0.39 is 6.10 Å². The summed E-state index contributed by atoms with van der Waals surface area (Å²) in [5.74, 6) is -0.876. The van der Waals surface area contributed by atoms with Crippen LogP contribution in [0.5, 0.6) is 0 Å². The van der Waals surface area contributed by atoms with Gasteiger partial charge in [0.2, 0.25) is 0 Å². The first-order valence-electron chi connectivity index (χ1n) is 29.0. The van der Waals surface area contributed by atoms with Crippen LogP contribution in [0.2, 0.25) is 0 Å². The third kappa shape index (κ3) is 52.6. The van der Waals surface area contributed by atoms with Crippen LogP contribution in [0, 0.1) is 0 Å². The first kappa shape index (κ1) is 63.6. The second-order valence-electron chi connectivity index (χ2n) is 19.6. The van der Waals surface area contributed by atoms with Gasteiger partial charge in [-0.15, -0.1) is 0 Å². The second kappa shape index (κ2) is 55.2. The Morgan fingerprint density at radius 2 is 0.545 bits per heavy atom. The molecular formula is C60H110O6. The van der Waals surface area contributed by atoms with Gasteiger partial charge in [0, 0.05) is 19.3 Å². The van der Waals surface area contributed by atoms with Crippen molar-refractivity contribution in [3.05, 3.63) is 36.5 Å². The van der Waals surface area contributed by atoms with Crippen molar-refractivity contribution in [2.45, 2.75) is 316 Å². The summed E-state index contributed by atoms with van der Waals surface area (Å²) >= 11 is 0. The van der Waals surface area contributed by atoms with E-state index in [9.17, 15) is 14.4 Å². The highest BCUT2D eigenvalue weighted by Gasteiger charge is 2.19. The molecule has 386 valence electrons. The van der Waals surface area contributed by atoms with Crippen molar-refractivity contribution in [3.63, 3.8) is 0 Å². The summed E-state index contributed by atoms with van der Waals surface area (Å²) in [7, 11) is 0. The molecule has 0 fully saturated rings. The van der Waals surface area contributed by atoms with Crippen molar-refractivity contribution < 1.29 is 28.6 Å². The van der Waals surface area contributed by atoms with Crippen LogP contribution >= 0.6 is 0 Å². The topological polar surface area (TPSA) is 78.9 Å². The average Bonchev–Trinajstić information content (AvgIpc) is 3.31. The fraction of sp³-hybridized carbons (Fsp3) is 0.850. The minimum atomic E-state index is -0.776. The SMILES string of the molecule is CCCCC/C=C\C/C=C\CCCCCCCC(=O)OC[C@H](COC(=O)CCCCCCCCC/C=C\CCCCCCCC)OC(=O)CCCCCCCCCCCCCCCCCC. The third-order valence-electron chi connectivity index (χ3n) is 12.9. The molecule has 0 N–H and O–H groups in total. The van der Waals surface area contributed by atoms with Gasteiger partial charge in [-0.2, -0.15) is 0 Å². The van der Waals surface area contributed by atoms with E-state index in [-0.39, 0.29) is 31.1 Å². The van der Waals surface area contributed by atoms with Gasteiger partial charge in [0.15, 0.2) is 6.10 Å². The number of unbranched alkanes of at least 4 members (excludes halogenated alkanes) is 36. The van der Waals surface area contributed by atoms with Crippen LogP contribution in [0.4, 0.5) is 0 Å². The standard InChI is InChI=1S/C60H110O6/c1-4-7-10-13-16-19-22-25-28-30-33-35-38-41-44-47-50-53-59(62)65-56-57(55-64-58(61)52-49-46-43-40-37-34-31-27-24-21-18-15-12-9-6-3)66-60(63)54-51-48-45-42-39-36-32-29-26-23-20-17-14-11-8-5-2/h18,21,25,27-28,31,57H,4-17,19-20,22-24,26,29-30,32-56H2,1-3H3/b21-18-,28-25-,31-27-/t57-/m1/s1. The van der Waals surface area contributed by atoms with Gasteiger partial charge in [0.1, 0.15) is 13.2 Å². The molecule has 0 aromatic carbocycles. The van der Waals surface area contributed by atoms with E-state index in [1.54, 1.807) is 0 Å². The first-order chi connectivity index (χ1) is 32.5. The highest BCUT2D eigenvalue weighted by Crippen LogP contribution is 2.16. The predicted molar refractivity (Wildman–Crippen MR) is 284 cm³/mol. The van der Waals surface area contributed by atoms with E-state index in [0.717, 1.165) is 77.0 Å². The largest absolute Gasteiger partial charge is 0.462 e. The molecule has 0 rings (SSSR count). The van der Waals surface area contributed by atoms with Crippen molar-refractivity contribution in [3.8, 4) is 0 Å². The first-order valence-corrected chi connectivity index (χ1v) is 29.0. The van der Waals surface area contributed by atoms with Gasteiger partial charge < -0.3 is 14.2 Å². The molecule has 6 heteroatoms. The summed E-state index contributed by atoms with van der Waals surface area (Å²) in [5.41, 5.74) is 0. The molecule has 6 nitrogen and oxygen atoms in total. The van der Waals surface area contributed by atoms with E-state index in [1.807, 2.05) is 0 Å². The van der Waals surface area contributed by atoms with Crippen LogP contribution in [-0.2, 0) is 28.6 Å². The predicted octanol–water partition coefficient (Wildman–Crippen LogP) is 19.3. The van der Waals surface area contributed by atoms with Crippen molar-refractivity contribution in [2.75, 3.05) is 13.2 Å². The Bertz CT molecular complexity index is 1110. The van der Waals surface area contributed by atoms with E-state index in [2.05, 4.69) is 57.2 Å². The molecule has 66 heavy (non-hydrogen) atoms. The zero-order valence-corrected chi connectivity index (χ0v) is 44.2. The Labute approximate surface area is 410 Å². The number of allylic oxidation sites excluding steroid dienone is 6. The van der Waals surface area contributed by atoms with E-state index in [1.165, 1.54) is 193 Å². The van der Waals surface area contributed by atoms with Gasteiger partial charge in [-0.05, 0) is 77.0 Å². The Kier molecular flexibility index (Phi) is 53.2. The molecule has 0 aliphatic carbocycles. The minimum Gasteiger partial charge on any atom is -0.462 e. The van der Waals surface area contributed by atoms with E-state index in [4.69, 9.17) is 14.2 Å². The Morgan fingerprint density at radius 1 is 0.303 bits per heavy atom. The molecule has 0 aromatic rings. The monoisotopic (exact) mass is 927 g/mol. The molecule has 0 aliphatic heterocycles. The number of carbonyl (C=O) groups excluding carboxylic acids is 3. The molecule has 0 unspecified atom stereocenters. The maximum Gasteiger partial charge on any atom is 0.306 e. The van der Waals surface area contributed by atoms with Crippen molar-refractivity contribution in [1.29, 1.82) is 0 Å². The molecule has 0 saturated heterocycles. The third-order valence-corrected chi connectivity index (χ3v) is 12.9. The van der Waals surface area contributed by atoms with Gasteiger partial charge in [0.05, 0.1) is 0 Å². The average molecular weight is 928 g/mol. The van der Waals surface area contributed by atoms with Crippen LogP contribution in [0.1, 0.15) is 310 Å². The number of carbonyl (C=O) groups is 3. The van der Waals surface area contributed by atoms with E-state index >= 15 is 0 Å². The van der Waals surface area contributed by atoms with Crippen LogP contribution in [0.3, 0.4) is 0 Å². The zero-order chi connectivity index (χ0) is 47.9. The number of hydrogen-bond acceptors (Lipinski definition) is 6. The minimum absolute atomic E-state index is 0.0755. The summed E-state index contributed by atoms with van der Waals surface area (Å²) in [6, 6.07) is 0. The van der Waals surface area contributed by atoms with Crippen LogP contribution < -0.4 is 0 Å².